The largest absolute Gasteiger partial charge is 0.469 e. The van der Waals surface area contributed by atoms with Crippen LogP contribution in [0.3, 0.4) is 0 Å². The fourth-order valence-electron chi connectivity index (χ4n) is 3.95. The summed E-state index contributed by atoms with van der Waals surface area (Å²) in [5.41, 5.74) is 2.39. The Kier molecular flexibility index (Phi) is 9.09. The molecule has 1 aliphatic heterocycles. The molecule has 0 bridgehead atoms. The number of hydrogen-bond donors (Lipinski definition) is 1. The minimum atomic E-state index is -3.64. The summed E-state index contributed by atoms with van der Waals surface area (Å²) in [5, 5.41) is 0.497. The van der Waals surface area contributed by atoms with E-state index in [1.54, 1.807) is 12.1 Å². The molecule has 0 aliphatic carbocycles. The summed E-state index contributed by atoms with van der Waals surface area (Å²) in [6, 6.07) is 14.5. The van der Waals surface area contributed by atoms with Crippen molar-refractivity contribution < 1.29 is 17.9 Å². The van der Waals surface area contributed by atoms with E-state index in [4.69, 9.17) is 11.6 Å². The van der Waals surface area contributed by atoms with E-state index in [-0.39, 0.29) is 22.9 Å². The predicted octanol–water partition coefficient (Wildman–Crippen LogP) is 4.47. The van der Waals surface area contributed by atoms with Crippen LogP contribution in [0.2, 0.25) is 5.02 Å². The summed E-state index contributed by atoms with van der Waals surface area (Å²) in [4.78, 5) is 13.8. The Hall–Kier alpha value is -2.19. The number of sulfonamides is 1. The summed E-state index contributed by atoms with van der Waals surface area (Å²) in [6.45, 7) is 3.40. The number of likely N-dealkylation sites (tertiary alicyclic amines) is 1. The molecule has 1 heterocycles. The van der Waals surface area contributed by atoms with Gasteiger partial charge in [0.15, 0.2) is 0 Å². The van der Waals surface area contributed by atoms with Gasteiger partial charge in [-0.05, 0) is 56.0 Å². The van der Waals surface area contributed by atoms with Gasteiger partial charge in [-0.25, -0.2) is 13.1 Å². The van der Waals surface area contributed by atoms with Gasteiger partial charge in [0.25, 0.3) is 0 Å². The van der Waals surface area contributed by atoms with Crippen molar-refractivity contribution in [2.45, 2.75) is 56.1 Å². The van der Waals surface area contributed by atoms with Gasteiger partial charge in [0.2, 0.25) is 10.0 Å². The number of carbonyl (C=O) groups excluding carboxylic acids is 1. The Morgan fingerprint density at radius 1 is 1.18 bits per heavy atom. The van der Waals surface area contributed by atoms with Crippen LogP contribution < -0.4 is 4.72 Å². The van der Waals surface area contributed by atoms with Crippen molar-refractivity contribution in [2.24, 2.45) is 0 Å². The smallest absolute Gasteiger partial charge is 0.305 e. The molecule has 0 amide bonds. The SMILES string of the molecule is COC(=O)CCC/C=C\[C@@H]1C[C@@H](NS(=O)(=O)c2ccc(Cl)cc2)CN1Cc1ccc(C)cc1. The molecule has 2 atom stereocenters. The molecule has 6 nitrogen and oxygen atoms in total. The first-order valence-electron chi connectivity index (χ1n) is 11.1. The fourth-order valence-corrected chi connectivity index (χ4v) is 5.32. The number of unbranched alkanes of at least 4 members (excludes halogenated alkanes) is 1. The van der Waals surface area contributed by atoms with Gasteiger partial charge < -0.3 is 4.74 Å². The lowest BCUT2D eigenvalue weighted by Gasteiger charge is -2.22. The molecule has 1 aliphatic rings. The van der Waals surface area contributed by atoms with Crippen LogP contribution in [0.5, 0.6) is 0 Å². The lowest BCUT2D eigenvalue weighted by Crippen LogP contribution is -2.37. The number of esters is 1. The molecule has 1 N–H and O–H groups in total. The molecule has 2 aromatic rings. The standard InChI is InChI=1S/C25H31ClN2O4S/c1-19-8-10-20(11-9-19)17-28-18-22(16-23(28)6-4-3-5-7-25(29)32-2)27-33(30,31)24-14-12-21(26)13-15-24/h4,6,8-15,22-23,27H,3,5,7,16-18H2,1-2H3/b6-4-/t22-,23-/m1/s1. The summed E-state index contributed by atoms with van der Waals surface area (Å²) < 4.78 is 33.3. The van der Waals surface area contributed by atoms with E-state index >= 15 is 0 Å². The van der Waals surface area contributed by atoms with E-state index < -0.39 is 10.0 Å². The van der Waals surface area contributed by atoms with Gasteiger partial charge in [-0.3, -0.25) is 9.69 Å². The number of benzene rings is 2. The zero-order chi connectivity index (χ0) is 23.8. The zero-order valence-corrected chi connectivity index (χ0v) is 20.6. The van der Waals surface area contributed by atoms with Crippen molar-refractivity contribution >= 4 is 27.6 Å². The van der Waals surface area contributed by atoms with Gasteiger partial charge in [-0.15, -0.1) is 0 Å². The number of aryl methyl sites for hydroxylation is 1. The van der Waals surface area contributed by atoms with Crippen LogP contribution in [0.4, 0.5) is 0 Å². The maximum absolute atomic E-state index is 12.9. The third kappa shape index (κ3) is 7.67. The van der Waals surface area contributed by atoms with E-state index in [2.05, 4.69) is 57.7 Å². The molecule has 33 heavy (non-hydrogen) atoms. The Bertz CT molecular complexity index is 1050. The minimum Gasteiger partial charge on any atom is -0.469 e. The Balaban J connectivity index is 1.68. The summed E-state index contributed by atoms with van der Waals surface area (Å²) >= 11 is 5.90. The number of carbonyl (C=O) groups is 1. The monoisotopic (exact) mass is 490 g/mol. The second-order valence-corrected chi connectivity index (χ2v) is 10.5. The maximum atomic E-state index is 12.9. The van der Waals surface area contributed by atoms with E-state index in [0.29, 0.717) is 24.4 Å². The molecule has 0 spiro atoms. The number of rotatable bonds is 10. The van der Waals surface area contributed by atoms with Crippen LogP contribution in [-0.2, 0) is 26.1 Å². The number of ether oxygens (including phenoxy) is 1. The highest BCUT2D eigenvalue weighted by Gasteiger charge is 2.33. The molecule has 3 rings (SSSR count). The van der Waals surface area contributed by atoms with Gasteiger partial charge >= 0.3 is 5.97 Å². The predicted molar refractivity (Wildman–Crippen MR) is 131 cm³/mol. The first kappa shape index (κ1) is 25.4. The van der Waals surface area contributed by atoms with Crippen molar-refractivity contribution in [2.75, 3.05) is 13.7 Å². The molecule has 1 fully saturated rings. The van der Waals surface area contributed by atoms with E-state index in [0.717, 1.165) is 19.4 Å². The highest BCUT2D eigenvalue weighted by molar-refractivity contribution is 7.89. The van der Waals surface area contributed by atoms with Crippen molar-refractivity contribution in [3.63, 3.8) is 0 Å². The van der Waals surface area contributed by atoms with Crippen LogP contribution in [-0.4, -0.2) is 45.0 Å². The quantitative estimate of drug-likeness (QED) is 0.302. The number of hydrogen-bond acceptors (Lipinski definition) is 5. The summed E-state index contributed by atoms with van der Waals surface area (Å²) in [6.07, 6.45) is 6.76. The Morgan fingerprint density at radius 3 is 2.55 bits per heavy atom. The Morgan fingerprint density at radius 2 is 1.88 bits per heavy atom. The lowest BCUT2D eigenvalue weighted by atomic mass is 10.1. The van der Waals surface area contributed by atoms with E-state index in [1.165, 1.54) is 30.4 Å². The zero-order valence-electron chi connectivity index (χ0n) is 19.0. The van der Waals surface area contributed by atoms with Crippen LogP contribution in [0.1, 0.15) is 36.8 Å². The number of nitrogens with one attached hydrogen (secondary N) is 1. The molecule has 8 heteroatoms. The normalized spacial score (nSPS) is 19.2. The first-order valence-corrected chi connectivity index (χ1v) is 12.9. The highest BCUT2D eigenvalue weighted by Crippen LogP contribution is 2.24. The molecule has 0 aromatic heterocycles. The number of nitrogens with zero attached hydrogens (tertiary/aromatic N) is 1. The minimum absolute atomic E-state index is 0.0994. The average molecular weight is 491 g/mol. The van der Waals surface area contributed by atoms with Gasteiger partial charge in [0.05, 0.1) is 12.0 Å². The van der Waals surface area contributed by atoms with Crippen LogP contribution in [0.25, 0.3) is 0 Å². The molecule has 1 saturated heterocycles. The second kappa shape index (κ2) is 11.8. The van der Waals surface area contributed by atoms with Crippen molar-refractivity contribution in [3.8, 4) is 0 Å². The number of methoxy groups -OCH3 is 1. The van der Waals surface area contributed by atoms with E-state index in [1.807, 2.05) is 0 Å². The molecule has 178 valence electrons. The summed E-state index contributed by atoms with van der Waals surface area (Å²) in [7, 11) is -2.24. The molecule has 2 aromatic carbocycles. The van der Waals surface area contributed by atoms with Crippen molar-refractivity contribution in [1.29, 1.82) is 0 Å². The van der Waals surface area contributed by atoms with Crippen molar-refractivity contribution in [1.82, 2.24) is 9.62 Å². The lowest BCUT2D eigenvalue weighted by molar-refractivity contribution is -0.140. The second-order valence-electron chi connectivity index (χ2n) is 8.39. The van der Waals surface area contributed by atoms with Crippen molar-refractivity contribution in [3.05, 3.63) is 76.8 Å². The third-order valence-electron chi connectivity index (χ3n) is 5.74. The number of allylic oxidation sites excluding steroid dienone is 1. The maximum Gasteiger partial charge on any atom is 0.305 e. The fraction of sp³-hybridized carbons (Fsp3) is 0.400. The van der Waals surface area contributed by atoms with Gasteiger partial charge in [-0.1, -0.05) is 53.6 Å². The average Bonchev–Trinajstić information content (AvgIpc) is 3.15. The van der Waals surface area contributed by atoms with Gasteiger partial charge in [0.1, 0.15) is 0 Å². The summed E-state index contributed by atoms with van der Waals surface area (Å²) in [5.74, 6) is -0.207. The topological polar surface area (TPSA) is 75.7 Å². The van der Waals surface area contributed by atoms with Crippen LogP contribution in [0.15, 0.2) is 65.6 Å². The van der Waals surface area contributed by atoms with Crippen LogP contribution in [0, 0.1) is 6.92 Å². The molecule has 0 saturated carbocycles. The highest BCUT2D eigenvalue weighted by atomic mass is 35.5. The van der Waals surface area contributed by atoms with Gasteiger partial charge in [0, 0.05) is 36.6 Å². The third-order valence-corrected chi connectivity index (χ3v) is 7.53. The molecule has 0 radical (unpaired) electrons. The number of halogens is 1. The van der Waals surface area contributed by atoms with Crippen LogP contribution >= 0.6 is 11.6 Å². The first-order chi connectivity index (χ1) is 15.8. The molecule has 0 unspecified atom stereocenters. The molecular weight excluding hydrogens is 460 g/mol. The van der Waals surface area contributed by atoms with E-state index in [9.17, 15) is 13.2 Å². The van der Waals surface area contributed by atoms with Gasteiger partial charge in [-0.2, -0.15) is 0 Å². The molecular formula is C25H31ClN2O4S. The Labute approximate surface area is 201 Å².